The van der Waals surface area contributed by atoms with E-state index in [0.717, 1.165) is 41.7 Å². The van der Waals surface area contributed by atoms with E-state index < -0.39 is 0 Å². The molecule has 1 aromatic carbocycles. The zero-order chi connectivity index (χ0) is 18.2. The minimum atomic E-state index is -0.00811. The van der Waals surface area contributed by atoms with Crippen LogP contribution in [0.5, 0.6) is 0 Å². The summed E-state index contributed by atoms with van der Waals surface area (Å²) in [4.78, 5) is 26.0. The van der Waals surface area contributed by atoms with Gasteiger partial charge in [0.25, 0.3) is 0 Å². The molecular weight excluding hydrogens is 344 g/mol. The van der Waals surface area contributed by atoms with Crippen molar-refractivity contribution in [1.82, 2.24) is 14.9 Å². The number of morpholine rings is 1. The number of benzene rings is 1. The third-order valence-corrected chi connectivity index (χ3v) is 5.53. The highest BCUT2D eigenvalue weighted by molar-refractivity contribution is 6.05. The normalized spacial score (nSPS) is 21.1. The number of furan rings is 1. The van der Waals surface area contributed by atoms with Gasteiger partial charge in [0.2, 0.25) is 5.91 Å². The summed E-state index contributed by atoms with van der Waals surface area (Å²) in [6.45, 7) is 4.18. The van der Waals surface area contributed by atoms with Crippen LogP contribution in [0.1, 0.15) is 12.8 Å². The molecule has 2 aromatic heterocycles. The lowest BCUT2D eigenvalue weighted by Gasteiger charge is -2.36. The molecule has 4 heterocycles. The number of rotatable bonds is 2. The topological polar surface area (TPSA) is 71.7 Å². The van der Waals surface area contributed by atoms with E-state index in [1.54, 1.807) is 6.33 Å². The van der Waals surface area contributed by atoms with Crippen molar-refractivity contribution in [2.45, 2.75) is 12.8 Å². The fourth-order valence-electron chi connectivity index (χ4n) is 4.15. The first-order chi connectivity index (χ1) is 13.3. The molecule has 0 bridgehead atoms. The Hall–Kier alpha value is -2.67. The predicted octanol–water partition coefficient (Wildman–Crippen LogP) is 2.45. The van der Waals surface area contributed by atoms with Crippen LogP contribution in [0.4, 0.5) is 5.82 Å². The van der Waals surface area contributed by atoms with Crippen LogP contribution in [0.15, 0.2) is 35.0 Å². The zero-order valence-corrected chi connectivity index (χ0v) is 15.1. The van der Waals surface area contributed by atoms with Crippen LogP contribution in [0.2, 0.25) is 0 Å². The summed E-state index contributed by atoms with van der Waals surface area (Å²) in [5.74, 6) is 1.01. The summed E-state index contributed by atoms with van der Waals surface area (Å²) in [5.41, 5.74) is 2.35. The fraction of sp³-hybridized carbons (Fsp3) is 0.450. The Bertz CT molecular complexity index is 980. The predicted molar refractivity (Wildman–Crippen MR) is 102 cm³/mol. The Labute approximate surface area is 156 Å². The van der Waals surface area contributed by atoms with E-state index in [2.05, 4.69) is 14.9 Å². The van der Waals surface area contributed by atoms with Gasteiger partial charge in [0.15, 0.2) is 11.4 Å². The van der Waals surface area contributed by atoms with Crippen LogP contribution < -0.4 is 4.90 Å². The number of fused-ring (bicyclic) bond motifs is 3. The van der Waals surface area contributed by atoms with Gasteiger partial charge in [-0.2, -0.15) is 0 Å². The van der Waals surface area contributed by atoms with E-state index >= 15 is 0 Å². The van der Waals surface area contributed by atoms with Crippen LogP contribution in [-0.2, 0) is 9.53 Å². The van der Waals surface area contributed by atoms with Crippen molar-refractivity contribution < 1.29 is 13.9 Å². The van der Waals surface area contributed by atoms with E-state index in [1.807, 2.05) is 29.2 Å². The Kier molecular flexibility index (Phi) is 4.16. The van der Waals surface area contributed by atoms with E-state index in [-0.39, 0.29) is 11.8 Å². The number of nitrogens with zero attached hydrogens (tertiary/aromatic N) is 4. The van der Waals surface area contributed by atoms with Gasteiger partial charge in [-0.25, -0.2) is 9.97 Å². The monoisotopic (exact) mass is 366 g/mol. The Morgan fingerprint density at radius 3 is 2.85 bits per heavy atom. The van der Waals surface area contributed by atoms with Crippen molar-refractivity contribution in [3.05, 3.63) is 30.6 Å². The third-order valence-electron chi connectivity index (χ3n) is 5.53. The van der Waals surface area contributed by atoms with Gasteiger partial charge >= 0.3 is 0 Å². The number of piperidine rings is 1. The highest BCUT2D eigenvalue weighted by atomic mass is 16.5. The summed E-state index contributed by atoms with van der Waals surface area (Å²) in [6, 6.07) is 7.90. The lowest BCUT2D eigenvalue weighted by Crippen LogP contribution is -2.48. The van der Waals surface area contributed by atoms with E-state index in [9.17, 15) is 4.79 Å². The van der Waals surface area contributed by atoms with Crippen molar-refractivity contribution in [3.8, 4) is 0 Å². The molecule has 2 fully saturated rings. The Balaban J connectivity index is 1.45. The van der Waals surface area contributed by atoms with E-state index in [1.165, 1.54) is 0 Å². The average molecular weight is 366 g/mol. The minimum absolute atomic E-state index is 0.00811. The molecule has 0 spiro atoms. The third kappa shape index (κ3) is 2.92. The van der Waals surface area contributed by atoms with Gasteiger partial charge in [0.05, 0.1) is 19.1 Å². The van der Waals surface area contributed by atoms with Crippen LogP contribution >= 0.6 is 0 Å². The van der Waals surface area contributed by atoms with Crippen LogP contribution in [-0.4, -0.2) is 60.2 Å². The molecule has 0 unspecified atom stereocenters. The molecule has 0 saturated carbocycles. The Morgan fingerprint density at radius 1 is 1.11 bits per heavy atom. The van der Waals surface area contributed by atoms with Gasteiger partial charge in [-0.1, -0.05) is 12.1 Å². The summed E-state index contributed by atoms with van der Waals surface area (Å²) < 4.78 is 11.4. The van der Waals surface area contributed by atoms with Gasteiger partial charge < -0.3 is 19.0 Å². The largest absolute Gasteiger partial charge is 0.450 e. The van der Waals surface area contributed by atoms with Crippen molar-refractivity contribution in [1.29, 1.82) is 0 Å². The van der Waals surface area contributed by atoms with Gasteiger partial charge in [0.1, 0.15) is 17.4 Å². The van der Waals surface area contributed by atoms with Crippen LogP contribution in [0.25, 0.3) is 22.1 Å². The molecule has 140 valence electrons. The molecule has 7 heteroatoms. The summed E-state index contributed by atoms with van der Waals surface area (Å²) in [5, 5.41) is 0.995. The molecule has 5 rings (SSSR count). The second-order valence-corrected chi connectivity index (χ2v) is 7.20. The van der Waals surface area contributed by atoms with Gasteiger partial charge in [-0.05, 0) is 25.0 Å². The number of hydrogen-bond donors (Lipinski definition) is 0. The molecule has 0 aliphatic carbocycles. The quantitative estimate of drug-likeness (QED) is 0.694. The number of carbonyl (C=O) groups excluding carboxylic acids is 1. The van der Waals surface area contributed by atoms with E-state index in [4.69, 9.17) is 9.15 Å². The smallest absolute Gasteiger partial charge is 0.227 e. The molecule has 27 heavy (non-hydrogen) atoms. The van der Waals surface area contributed by atoms with Gasteiger partial charge in [0, 0.05) is 31.6 Å². The zero-order valence-electron chi connectivity index (χ0n) is 15.1. The second-order valence-electron chi connectivity index (χ2n) is 7.20. The first-order valence-electron chi connectivity index (χ1n) is 9.55. The van der Waals surface area contributed by atoms with Gasteiger partial charge in [-0.15, -0.1) is 0 Å². The number of hydrogen-bond acceptors (Lipinski definition) is 6. The molecule has 2 saturated heterocycles. The van der Waals surface area contributed by atoms with Crippen molar-refractivity contribution in [2.24, 2.45) is 5.92 Å². The molecular formula is C20H22N4O3. The molecule has 7 nitrogen and oxygen atoms in total. The SMILES string of the molecule is O=C([C@@H]1CCCN(c2ncnc3c2oc2ccccc23)C1)N1CCOCC1. The van der Waals surface area contributed by atoms with Gasteiger partial charge in [-0.3, -0.25) is 4.79 Å². The molecule has 0 radical (unpaired) electrons. The maximum absolute atomic E-state index is 12.9. The number of anilines is 1. The highest BCUT2D eigenvalue weighted by Gasteiger charge is 2.31. The Morgan fingerprint density at radius 2 is 1.96 bits per heavy atom. The highest BCUT2D eigenvalue weighted by Crippen LogP contribution is 2.34. The molecule has 2 aliphatic heterocycles. The average Bonchev–Trinajstić information content (AvgIpc) is 3.13. The standard InChI is InChI=1S/C20H22N4O3/c25-20(23-8-10-26-11-9-23)14-4-3-7-24(12-14)19-18-17(21-13-22-19)15-5-1-2-6-16(15)27-18/h1-2,5-6,13-14H,3-4,7-12H2/t14-/m1/s1. The molecule has 0 N–H and O–H groups in total. The van der Waals surface area contributed by atoms with Crippen molar-refractivity contribution in [2.75, 3.05) is 44.3 Å². The van der Waals surface area contributed by atoms with Crippen LogP contribution in [0, 0.1) is 5.92 Å². The summed E-state index contributed by atoms with van der Waals surface area (Å²) in [7, 11) is 0. The second kappa shape index (κ2) is 6.81. The fourth-order valence-corrected chi connectivity index (χ4v) is 4.15. The number of amides is 1. The maximum atomic E-state index is 12.9. The number of ether oxygens (including phenoxy) is 1. The molecule has 2 aliphatic rings. The van der Waals surface area contributed by atoms with Crippen LogP contribution in [0.3, 0.4) is 0 Å². The lowest BCUT2D eigenvalue weighted by molar-refractivity contribution is -0.139. The first kappa shape index (κ1) is 16.5. The van der Waals surface area contributed by atoms with Crippen molar-refractivity contribution >= 4 is 33.8 Å². The van der Waals surface area contributed by atoms with Crippen molar-refractivity contribution in [3.63, 3.8) is 0 Å². The lowest BCUT2D eigenvalue weighted by atomic mass is 9.96. The van der Waals surface area contributed by atoms with E-state index in [0.29, 0.717) is 38.4 Å². The maximum Gasteiger partial charge on any atom is 0.227 e. The summed E-state index contributed by atoms with van der Waals surface area (Å²) in [6.07, 6.45) is 3.47. The molecule has 3 aromatic rings. The number of para-hydroxylation sites is 1. The number of aromatic nitrogens is 2. The minimum Gasteiger partial charge on any atom is -0.450 e. The number of carbonyl (C=O) groups is 1. The molecule has 1 atom stereocenters. The first-order valence-corrected chi connectivity index (χ1v) is 9.55. The molecule has 1 amide bonds. The summed E-state index contributed by atoms with van der Waals surface area (Å²) >= 11 is 0.